The average Bonchev–Trinajstić information content (AvgIpc) is 2.43. The highest BCUT2D eigenvalue weighted by Gasteiger charge is 2.16. The third kappa shape index (κ3) is 3.81. The van der Waals surface area contributed by atoms with Gasteiger partial charge >= 0.3 is 0 Å². The van der Waals surface area contributed by atoms with Crippen LogP contribution < -0.4 is 10.5 Å². The van der Waals surface area contributed by atoms with Gasteiger partial charge in [0.15, 0.2) is 0 Å². The van der Waals surface area contributed by atoms with Crippen LogP contribution in [0.3, 0.4) is 0 Å². The molecule has 1 atom stereocenters. The molecule has 0 aliphatic carbocycles. The molecule has 0 saturated heterocycles. The third-order valence-corrected chi connectivity index (χ3v) is 4.76. The maximum atomic E-state index is 13.6. The minimum Gasteiger partial charge on any atom is -0.324 e. The summed E-state index contributed by atoms with van der Waals surface area (Å²) in [6.07, 6.45) is 0. The molecule has 112 valence electrons. The Balaban J connectivity index is 2.31. The molecule has 7 heteroatoms. The zero-order chi connectivity index (χ0) is 15.6. The molecule has 1 unspecified atom stereocenters. The van der Waals surface area contributed by atoms with Crippen molar-refractivity contribution in [2.75, 3.05) is 4.72 Å². The molecule has 0 aromatic heterocycles. The molecule has 3 N–H and O–H groups in total. The number of nitrogens with one attached hydrogen (secondary N) is 1. The van der Waals surface area contributed by atoms with Crippen LogP contribution in [0, 0.1) is 5.82 Å². The van der Waals surface area contributed by atoms with E-state index in [2.05, 4.69) is 20.7 Å². The molecule has 0 heterocycles. The molecule has 2 rings (SSSR count). The van der Waals surface area contributed by atoms with E-state index < -0.39 is 15.8 Å². The quantitative estimate of drug-likeness (QED) is 0.863. The minimum atomic E-state index is -3.85. The van der Waals surface area contributed by atoms with Crippen LogP contribution >= 0.6 is 15.9 Å². The second-order valence-corrected chi connectivity index (χ2v) is 7.19. The highest BCUT2D eigenvalue weighted by molar-refractivity contribution is 9.10. The number of sulfonamides is 1. The first-order valence-corrected chi connectivity index (χ1v) is 8.40. The Hall–Kier alpha value is -1.44. The monoisotopic (exact) mass is 372 g/mol. The Kier molecular flexibility index (Phi) is 4.65. The van der Waals surface area contributed by atoms with Crippen molar-refractivity contribution in [3.8, 4) is 0 Å². The van der Waals surface area contributed by atoms with E-state index in [9.17, 15) is 12.8 Å². The van der Waals surface area contributed by atoms with Crippen molar-refractivity contribution in [1.29, 1.82) is 0 Å². The zero-order valence-corrected chi connectivity index (χ0v) is 13.6. The summed E-state index contributed by atoms with van der Waals surface area (Å²) in [5, 5.41) is 0. The Labute approximate surface area is 131 Å². The van der Waals surface area contributed by atoms with Gasteiger partial charge in [0.25, 0.3) is 10.0 Å². The lowest BCUT2D eigenvalue weighted by Crippen LogP contribution is -2.14. The summed E-state index contributed by atoms with van der Waals surface area (Å²) in [6.45, 7) is 1.80. The van der Waals surface area contributed by atoms with Crippen molar-refractivity contribution in [1.82, 2.24) is 0 Å². The van der Waals surface area contributed by atoms with Gasteiger partial charge in [-0.25, -0.2) is 12.8 Å². The smallest absolute Gasteiger partial charge is 0.261 e. The van der Waals surface area contributed by atoms with Gasteiger partial charge in [-0.1, -0.05) is 28.1 Å². The summed E-state index contributed by atoms with van der Waals surface area (Å²) in [5.41, 5.74) is 6.42. The van der Waals surface area contributed by atoms with E-state index in [1.54, 1.807) is 19.1 Å². The van der Waals surface area contributed by atoms with Crippen molar-refractivity contribution < 1.29 is 12.8 Å². The number of anilines is 1. The highest BCUT2D eigenvalue weighted by Crippen LogP contribution is 2.23. The molecule has 0 spiro atoms. The van der Waals surface area contributed by atoms with Crippen molar-refractivity contribution >= 4 is 31.6 Å². The Morgan fingerprint density at radius 1 is 1.19 bits per heavy atom. The predicted molar refractivity (Wildman–Crippen MR) is 84.0 cm³/mol. The second kappa shape index (κ2) is 6.13. The summed E-state index contributed by atoms with van der Waals surface area (Å²) < 4.78 is 40.9. The number of halogens is 2. The molecule has 0 saturated carbocycles. The fourth-order valence-corrected chi connectivity index (χ4v) is 3.15. The Bertz CT molecular complexity index is 746. The van der Waals surface area contributed by atoms with Crippen molar-refractivity contribution in [2.45, 2.75) is 17.9 Å². The number of hydrogen-bond acceptors (Lipinski definition) is 3. The van der Waals surface area contributed by atoms with E-state index in [4.69, 9.17) is 5.73 Å². The van der Waals surface area contributed by atoms with Crippen LogP contribution in [0.5, 0.6) is 0 Å². The van der Waals surface area contributed by atoms with E-state index in [1.165, 1.54) is 30.3 Å². The summed E-state index contributed by atoms with van der Waals surface area (Å²) in [6, 6.07) is 10.0. The lowest BCUT2D eigenvalue weighted by molar-refractivity contribution is 0.598. The highest BCUT2D eigenvalue weighted by atomic mass is 79.9. The molecule has 2 aromatic carbocycles. The summed E-state index contributed by atoms with van der Waals surface area (Å²) in [7, 11) is -3.85. The van der Waals surface area contributed by atoms with Crippen LogP contribution in [-0.4, -0.2) is 8.42 Å². The van der Waals surface area contributed by atoms with Gasteiger partial charge in [-0.2, -0.15) is 0 Å². The average molecular weight is 373 g/mol. The summed E-state index contributed by atoms with van der Waals surface area (Å²) >= 11 is 3.17. The summed E-state index contributed by atoms with van der Waals surface area (Å²) in [5.74, 6) is -0.644. The molecule has 0 bridgehead atoms. The lowest BCUT2D eigenvalue weighted by atomic mass is 10.1. The van der Waals surface area contributed by atoms with Crippen LogP contribution in [0.2, 0.25) is 0 Å². The first-order valence-electron chi connectivity index (χ1n) is 6.13. The van der Waals surface area contributed by atoms with Gasteiger partial charge in [-0.3, -0.25) is 4.72 Å². The lowest BCUT2D eigenvalue weighted by Gasteiger charge is -2.11. The molecule has 0 fully saturated rings. The fourth-order valence-electron chi connectivity index (χ4n) is 1.73. The molecular formula is C14H14BrFN2O2S. The van der Waals surface area contributed by atoms with Gasteiger partial charge < -0.3 is 5.73 Å². The second-order valence-electron chi connectivity index (χ2n) is 4.59. The normalized spacial score (nSPS) is 13.0. The van der Waals surface area contributed by atoms with E-state index >= 15 is 0 Å². The minimum absolute atomic E-state index is 0.0475. The van der Waals surface area contributed by atoms with Crippen molar-refractivity contribution in [3.05, 3.63) is 58.3 Å². The van der Waals surface area contributed by atoms with E-state index in [0.717, 1.165) is 5.56 Å². The van der Waals surface area contributed by atoms with Gasteiger partial charge in [0.1, 0.15) is 5.82 Å². The fraction of sp³-hybridized carbons (Fsp3) is 0.143. The maximum Gasteiger partial charge on any atom is 0.261 e. The van der Waals surface area contributed by atoms with Crippen LogP contribution in [-0.2, 0) is 10.0 Å². The van der Waals surface area contributed by atoms with E-state index in [0.29, 0.717) is 4.47 Å². The van der Waals surface area contributed by atoms with Crippen molar-refractivity contribution in [2.24, 2.45) is 5.73 Å². The first kappa shape index (κ1) is 15.9. The number of benzene rings is 2. The third-order valence-electron chi connectivity index (χ3n) is 2.89. The Morgan fingerprint density at radius 2 is 1.81 bits per heavy atom. The SMILES string of the molecule is CC(N)c1ccc(S(=O)(=O)Nc2cc(Br)ccc2F)cc1. The van der Waals surface area contributed by atoms with Gasteiger partial charge in [-0.15, -0.1) is 0 Å². The standard InChI is InChI=1S/C14H14BrFN2O2S/c1-9(17)10-2-5-12(6-3-10)21(19,20)18-14-8-11(15)4-7-13(14)16/h2-9,18H,17H2,1H3. The van der Waals surface area contributed by atoms with E-state index in [1.807, 2.05) is 0 Å². The van der Waals surface area contributed by atoms with Crippen LogP contribution in [0.4, 0.5) is 10.1 Å². The molecule has 2 aromatic rings. The van der Waals surface area contributed by atoms with Crippen LogP contribution in [0.25, 0.3) is 0 Å². The van der Waals surface area contributed by atoms with Crippen LogP contribution in [0.15, 0.2) is 51.8 Å². The maximum absolute atomic E-state index is 13.6. The molecule has 21 heavy (non-hydrogen) atoms. The van der Waals surface area contributed by atoms with Gasteiger partial charge in [0, 0.05) is 10.5 Å². The van der Waals surface area contributed by atoms with Crippen molar-refractivity contribution in [3.63, 3.8) is 0 Å². The molecule has 0 amide bonds. The molecule has 0 aliphatic heterocycles. The van der Waals surface area contributed by atoms with Gasteiger partial charge in [0.05, 0.1) is 10.6 Å². The van der Waals surface area contributed by atoms with Crippen LogP contribution in [0.1, 0.15) is 18.5 Å². The molecule has 0 aliphatic rings. The predicted octanol–water partition coefficient (Wildman–Crippen LogP) is 3.41. The van der Waals surface area contributed by atoms with Gasteiger partial charge in [0.2, 0.25) is 0 Å². The number of nitrogens with two attached hydrogens (primary N) is 1. The first-order chi connectivity index (χ1) is 9.79. The molecular weight excluding hydrogens is 359 g/mol. The number of rotatable bonds is 4. The largest absolute Gasteiger partial charge is 0.324 e. The van der Waals surface area contributed by atoms with Gasteiger partial charge in [-0.05, 0) is 42.8 Å². The summed E-state index contributed by atoms with van der Waals surface area (Å²) in [4.78, 5) is 0.0475. The zero-order valence-electron chi connectivity index (χ0n) is 11.2. The van der Waals surface area contributed by atoms with E-state index in [-0.39, 0.29) is 16.6 Å². The molecule has 4 nitrogen and oxygen atoms in total. The topological polar surface area (TPSA) is 72.2 Å². The molecule has 0 radical (unpaired) electrons. The number of hydrogen-bond donors (Lipinski definition) is 2. The Morgan fingerprint density at radius 3 is 2.38 bits per heavy atom.